The smallest absolute Gasteiger partial charge is 0.278 e. The standard InChI is InChI=1S/C19H17N3OS/c1-13-10-11-22(17-8-4-5-9-18(17)24-13)19(23)16-12-20-14-6-2-3-7-15(14)21-16/h2-9,12-13H,10-11H2,1H3/t13-/m1/s1. The summed E-state index contributed by atoms with van der Waals surface area (Å²) in [6.45, 7) is 2.89. The summed E-state index contributed by atoms with van der Waals surface area (Å²) in [6, 6.07) is 15.7. The fraction of sp³-hybridized carbons (Fsp3) is 0.211. The number of carbonyl (C=O) groups is 1. The molecule has 0 fully saturated rings. The van der Waals surface area contributed by atoms with Crippen molar-refractivity contribution in [1.82, 2.24) is 9.97 Å². The Balaban J connectivity index is 1.75. The molecule has 1 aromatic heterocycles. The molecule has 5 heteroatoms. The highest BCUT2D eigenvalue weighted by Gasteiger charge is 2.26. The van der Waals surface area contributed by atoms with Crippen molar-refractivity contribution in [3.05, 3.63) is 60.4 Å². The molecule has 0 aliphatic carbocycles. The van der Waals surface area contributed by atoms with Crippen LogP contribution in [0.5, 0.6) is 0 Å². The Kier molecular flexibility index (Phi) is 3.94. The Bertz CT molecular complexity index is 912. The first-order valence-electron chi connectivity index (χ1n) is 8.02. The van der Waals surface area contributed by atoms with E-state index in [4.69, 9.17) is 0 Å². The van der Waals surface area contributed by atoms with Crippen LogP contribution in [-0.2, 0) is 0 Å². The molecular weight excluding hydrogens is 318 g/mol. The number of carbonyl (C=O) groups excluding carboxylic acids is 1. The molecule has 3 aromatic rings. The van der Waals surface area contributed by atoms with Crippen molar-refractivity contribution in [1.29, 1.82) is 0 Å². The lowest BCUT2D eigenvalue weighted by molar-refractivity contribution is 0.0981. The first-order valence-corrected chi connectivity index (χ1v) is 8.90. The third-order valence-electron chi connectivity index (χ3n) is 4.16. The quantitative estimate of drug-likeness (QED) is 0.670. The lowest BCUT2D eigenvalue weighted by Crippen LogP contribution is -2.33. The van der Waals surface area contributed by atoms with Gasteiger partial charge in [0.05, 0.1) is 22.9 Å². The van der Waals surface area contributed by atoms with Crippen LogP contribution in [0.1, 0.15) is 23.8 Å². The van der Waals surface area contributed by atoms with E-state index in [-0.39, 0.29) is 5.91 Å². The summed E-state index contributed by atoms with van der Waals surface area (Å²) in [6.07, 6.45) is 2.53. The van der Waals surface area contributed by atoms with Crippen molar-refractivity contribution in [3.63, 3.8) is 0 Å². The maximum Gasteiger partial charge on any atom is 0.278 e. The van der Waals surface area contributed by atoms with Gasteiger partial charge in [0.15, 0.2) is 0 Å². The van der Waals surface area contributed by atoms with Gasteiger partial charge >= 0.3 is 0 Å². The van der Waals surface area contributed by atoms with Crippen LogP contribution < -0.4 is 4.90 Å². The van der Waals surface area contributed by atoms with Gasteiger partial charge in [0.1, 0.15) is 5.69 Å². The van der Waals surface area contributed by atoms with Crippen LogP contribution in [0.15, 0.2) is 59.6 Å². The van der Waals surface area contributed by atoms with Crippen molar-refractivity contribution < 1.29 is 4.79 Å². The van der Waals surface area contributed by atoms with Gasteiger partial charge in [0.2, 0.25) is 0 Å². The summed E-state index contributed by atoms with van der Waals surface area (Å²) in [5.74, 6) is -0.0876. The Morgan fingerprint density at radius 2 is 1.88 bits per heavy atom. The molecule has 0 saturated carbocycles. The zero-order valence-electron chi connectivity index (χ0n) is 13.3. The van der Waals surface area contributed by atoms with Crippen LogP contribution in [-0.4, -0.2) is 27.7 Å². The van der Waals surface area contributed by atoms with Gasteiger partial charge in [-0.15, -0.1) is 11.8 Å². The molecule has 0 unspecified atom stereocenters. The molecule has 120 valence electrons. The number of benzene rings is 2. The number of thioether (sulfide) groups is 1. The minimum Gasteiger partial charge on any atom is -0.306 e. The fourth-order valence-electron chi connectivity index (χ4n) is 2.90. The molecule has 1 aliphatic rings. The third kappa shape index (κ3) is 2.76. The lowest BCUT2D eigenvalue weighted by Gasteiger charge is -2.22. The number of hydrogen-bond acceptors (Lipinski definition) is 4. The summed E-state index contributed by atoms with van der Waals surface area (Å²) >= 11 is 1.82. The van der Waals surface area contributed by atoms with Gasteiger partial charge in [0.25, 0.3) is 5.91 Å². The van der Waals surface area contributed by atoms with Crippen molar-refractivity contribution in [2.45, 2.75) is 23.5 Å². The SMILES string of the molecule is C[C@@H]1CCN(C(=O)c2cnc3ccccc3n2)c2ccccc2S1. The summed E-state index contributed by atoms with van der Waals surface area (Å²) in [5.41, 5.74) is 2.90. The van der Waals surface area contributed by atoms with E-state index in [2.05, 4.69) is 23.0 Å². The highest BCUT2D eigenvalue weighted by atomic mass is 32.2. The molecule has 0 saturated heterocycles. The number of aromatic nitrogens is 2. The highest BCUT2D eigenvalue weighted by molar-refractivity contribution is 8.00. The van der Waals surface area contributed by atoms with Crippen LogP contribution in [0.4, 0.5) is 5.69 Å². The Morgan fingerprint density at radius 3 is 2.75 bits per heavy atom. The average Bonchev–Trinajstić information content (AvgIpc) is 2.79. The molecular formula is C19H17N3OS. The predicted octanol–water partition coefficient (Wildman–Crippen LogP) is 4.16. The summed E-state index contributed by atoms with van der Waals surface area (Å²) in [4.78, 5) is 24.9. The molecule has 0 radical (unpaired) electrons. The number of rotatable bonds is 1. The minimum atomic E-state index is -0.0876. The second-order valence-electron chi connectivity index (χ2n) is 5.89. The molecule has 24 heavy (non-hydrogen) atoms. The fourth-order valence-corrected chi connectivity index (χ4v) is 4.01. The van der Waals surface area contributed by atoms with Gasteiger partial charge in [-0.25, -0.2) is 4.98 Å². The largest absolute Gasteiger partial charge is 0.306 e. The topological polar surface area (TPSA) is 46.1 Å². The predicted molar refractivity (Wildman–Crippen MR) is 97.6 cm³/mol. The van der Waals surface area contributed by atoms with Crippen LogP contribution >= 0.6 is 11.8 Å². The molecule has 4 nitrogen and oxygen atoms in total. The van der Waals surface area contributed by atoms with E-state index in [0.717, 1.165) is 28.0 Å². The minimum absolute atomic E-state index is 0.0876. The number of fused-ring (bicyclic) bond motifs is 2. The Hall–Kier alpha value is -2.40. The van der Waals surface area contributed by atoms with Gasteiger partial charge in [-0.2, -0.15) is 0 Å². The zero-order valence-corrected chi connectivity index (χ0v) is 14.2. The normalized spacial score (nSPS) is 17.4. The molecule has 0 spiro atoms. The molecule has 1 aliphatic heterocycles. The number of nitrogens with zero attached hydrogens (tertiary/aromatic N) is 3. The maximum atomic E-state index is 13.1. The van der Waals surface area contributed by atoms with Crippen LogP contribution in [0.3, 0.4) is 0 Å². The van der Waals surface area contributed by atoms with Crippen molar-refractivity contribution >= 4 is 34.4 Å². The Morgan fingerprint density at radius 1 is 1.12 bits per heavy atom. The molecule has 2 aromatic carbocycles. The van der Waals surface area contributed by atoms with Gasteiger partial charge < -0.3 is 4.90 Å². The van der Waals surface area contributed by atoms with E-state index in [1.807, 2.05) is 59.1 Å². The van der Waals surface area contributed by atoms with Crippen molar-refractivity contribution in [2.75, 3.05) is 11.4 Å². The van der Waals surface area contributed by atoms with Crippen molar-refractivity contribution in [2.24, 2.45) is 0 Å². The molecule has 2 heterocycles. The monoisotopic (exact) mass is 335 g/mol. The first kappa shape index (κ1) is 15.1. The second-order valence-corrected chi connectivity index (χ2v) is 7.37. The number of hydrogen-bond donors (Lipinski definition) is 0. The van der Waals surface area contributed by atoms with Gasteiger partial charge in [0, 0.05) is 16.7 Å². The zero-order chi connectivity index (χ0) is 16.5. The molecule has 1 atom stereocenters. The second kappa shape index (κ2) is 6.24. The molecule has 1 amide bonds. The van der Waals surface area contributed by atoms with Crippen molar-refractivity contribution in [3.8, 4) is 0 Å². The van der Waals surface area contributed by atoms with E-state index in [0.29, 0.717) is 17.5 Å². The van der Waals surface area contributed by atoms with Gasteiger partial charge in [-0.05, 0) is 30.7 Å². The number of amides is 1. The summed E-state index contributed by atoms with van der Waals surface area (Å²) in [5, 5.41) is 0.478. The van der Waals surface area contributed by atoms with Crippen LogP contribution in [0, 0.1) is 0 Å². The van der Waals surface area contributed by atoms with E-state index < -0.39 is 0 Å². The number of para-hydroxylation sites is 3. The maximum absolute atomic E-state index is 13.1. The third-order valence-corrected chi connectivity index (χ3v) is 5.39. The van der Waals surface area contributed by atoms with E-state index in [1.165, 1.54) is 0 Å². The molecule has 4 rings (SSSR count). The summed E-state index contributed by atoms with van der Waals surface area (Å²) < 4.78 is 0. The van der Waals surface area contributed by atoms with E-state index >= 15 is 0 Å². The molecule has 0 bridgehead atoms. The van der Waals surface area contributed by atoms with E-state index in [1.54, 1.807) is 6.20 Å². The lowest BCUT2D eigenvalue weighted by atomic mass is 10.2. The van der Waals surface area contributed by atoms with Crippen LogP contribution in [0.25, 0.3) is 11.0 Å². The van der Waals surface area contributed by atoms with Crippen LogP contribution in [0.2, 0.25) is 0 Å². The average molecular weight is 335 g/mol. The molecule has 0 N–H and O–H groups in total. The number of anilines is 1. The van der Waals surface area contributed by atoms with E-state index in [9.17, 15) is 4.79 Å². The van der Waals surface area contributed by atoms with Gasteiger partial charge in [-0.3, -0.25) is 9.78 Å². The Labute approximate surface area is 144 Å². The first-order chi connectivity index (χ1) is 11.7. The summed E-state index contributed by atoms with van der Waals surface area (Å²) in [7, 11) is 0. The van der Waals surface area contributed by atoms with Gasteiger partial charge in [-0.1, -0.05) is 31.2 Å². The highest BCUT2D eigenvalue weighted by Crippen LogP contribution is 2.37.